The normalized spacial score (nSPS) is 17.5. The molecular weight excluding hydrogens is 490 g/mol. The number of aromatic nitrogens is 3. The first-order valence-corrected chi connectivity index (χ1v) is 13.4. The quantitative estimate of drug-likeness (QED) is 0.419. The lowest BCUT2D eigenvalue weighted by molar-refractivity contribution is 0.162. The van der Waals surface area contributed by atoms with Gasteiger partial charge in [0.05, 0.1) is 40.8 Å². The van der Waals surface area contributed by atoms with E-state index in [9.17, 15) is 10.1 Å². The molecule has 6 rings (SSSR count). The summed E-state index contributed by atoms with van der Waals surface area (Å²) >= 11 is 0. The molecule has 2 aliphatic rings. The van der Waals surface area contributed by atoms with E-state index in [1.807, 2.05) is 45.4 Å². The number of nitrogens with zero attached hydrogens (tertiary/aromatic N) is 5. The highest BCUT2D eigenvalue weighted by molar-refractivity contribution is 5.88. The lowest BCUT2D eigenvalue weighted by Gasteiger charge is -2.38. The number of nitrogens with one attached hydrogen (secondary N) is 2. The number of pyridine rings is 1. The third-order valence-corrected chi connectivity index (χ3v) is 8.08. The molecule has 2 aromatic carbocycles. The number of rotatable bonds is 4. The van der Waals surface area contributed by atoms with Gasteiger partial charge >= 0.3 is 0 Å². The Bertz CT molecular complexity index is 1670. The van der Waals surface area contributed by atoms with Crippen LogP contribution >= 0.6 is 0 Å². The fourth-order valence-corrected chi connectivity index (χ4v) is 5.91. The number of likely N-dealkylation sites (N-methyl/N-ethyl adjacent to an activating group) is 1. The summed E-state index contributed by atoms with van der Waals surface area (Å²) in [5, 5.41) is 22.2. The molecule has 1 fully saturated rings. The van der Waals surface area contributed by atoms with Crippen LogP contribution in [0.4, 0.5) is 11.4 Å². The third kappa shape index (κ3) is 4.41. The van der Waals surface area contributed by atoms with Gasteiger partial charge in [0.1, 0.15) is 11.9 Å². The van der Waals surface area contributed by atoms with Crippen molar-refractivity contribution in [1.82, 2.24) is 19.7 Å². The Kier molecular flexibility index (Phi) is 6.28. The summed E-state index contributed by atoms with van der Waals surface area (Å²) in [7, 11) is 5.79. The predicted molar refractivity (Wildman–Crippen MR) is 153 cm³/mol. The first-order chi connectivity index (χ1) is 18.8. The number of hydrogen-bond acceptors (Lipinski definition) is 7. The zero-order valence-corrected chi connectivity index (χ0v) is 22.8. The van der Waals surface area contributed by atoms with Crippen molar-refractivity contribution in [3.05, 3.63) is 69.8 Å². The lowest BCUT2D eigenvalue weighted by atomic mass is 9.94. The summed E-state index contributed by atoms with van der Waals surface area (Å²) in [6.45, 7) is 4.40. The average Bonchev–Trinajstić information content (AvgIpc) is 3.38. The van der Waals surface area contributed by atoms with Gasteiger partial charge in [-0.3, -0.25) is 9.48 Å². The van der Waals surface area contributed by atoms with Crippen LogP contribution in [0.25, 0.3) is 22.0 Å². The Morgan fingerprint density at radius 1 is 1.10 bits per heavy atom. The summed E-state index contributed by atoms with van der Waals surface area (Å²) in [4.78, 5) is 15.2. The molecule has 0 radical (unpaired) electrons. The molecular formula is C30H33N7O2. The fraction of sp³-hybridized carbons (Fsp3) is 0.367. The molecule has 0 aliphatic carbocycles. The number of nitriles is 1. The summed E-state index contributed by atoms with van der Waals surface area (Å²) in [6, 6.07) is 12.5. The van der Waals surface area contributed by atoms with Crippen LogP contribution in [0.1, 0.15) is 35.6 Å². The number of aryl methyl sites for hydroxylation is 3. The van der Waals surface area contributed by atoms with Crippen LogP contribution in [0.3, 0.4) is 0 Å². The van der Waals surface area contributed by atoms with Gasteiger partial charge < -0.3 is 24.8 Å². The molecule has 39 heavy (non-hydrogen) atoms. The number of ether oxygens (including phenoxy) is 1. The van der Waals surface area contributed by atoms with E-state index >= 15 is 0 Å². The molecule has 1 saturated heterocycles. The van der Waals surface area contributed by atoms with Gasteiger partial charge in [0.15, 0.2) is 0 Å². The minimum absolute atomic E-state index is 0.00178. The maximum absolute atomic E-state index is 12.9. The molecule has 4 heterocycles. The molecule has 1 atom stereocenters. The largest absolute Gasteiger partial charge is 0.490 e. The zero-order chi connectivity index (χ0) is 27.3. The molecule has 9 heteroatoms. The number of piperidine rings is 1. The van der Waals surface area contributed by atoms with Gasteiger partial charge in [0.25, 0.3) is 5.56 Å². The van der Waals surface area contributed by atoms with Crippen LogP contribution in [-0.4, -0.2) is 47.1 Å². The van der Waals surface area contributed by atoms with Crippen molar-refractivity contribution in [3.8, 4) is 22.9 Å². The van der Waals surface area contributed by atoms with Gasteiger partial charge in [0.2, 0.25) is 0 Å². The molecule has 1 unspecified atom stereocenters. The highest BCUT2D eigenvalue weighted by atomic mass is 16.5. The molecule has 4 aromatic rings. The van der Waals surface area contributed by atoms with Crippen molar-refractivity contribution in [2.75, 3.05) is 36.9 Å². The van der Waals surface area contributed by atoms with E-state index in [-0.39, 0.29) is 17.7 Å². The van der Waals surface area contributed by atoms with Gasteiger partial charge in [-0.2, -0.15) is 10.4 Å². The zero-order valence-electron chi connectivity index (χ0n) is 22.8. The summed E-state index contributed by atoms with van der Waals surface area (Å²) in [5.41, 5.74) is 6.96. The van der Waals surface area contributed by atoms with Crippen molar-refractivity contribution in [2.24, 2.45) is 14.1 Å². The number of hydrogen-bond donors (Lipinski definition) is 2. The Balaban J connectivity index is 1.47. The van der Waals surface area contributed by atoms with Crippen LogP contribution in [0.2, 0.25) is 0 Å². The number of anilines is 2. The van der Waals surface area contributed by atoms with Gasteiger partial charge in [-0.1, -0.05) is 0 Å². The lowest BCUT2D eigenvalue weighted by Crippen LogP contribution is -2.36. The second-order valence-electron chi connectivity index (χ2n) is 10.6. The Morgan fingerprint density at radius 3 is 2.62 bits per heavy atom. The second-order valence-corrected chi connectivity index (χ2v) is 10.6. The van der Waals surface area contributed by atoms with E-state index in [0.717, 1.165) is 70.6 Å². The summed E-state index contributed by atoms with van der Waals surface area (Å²) < 4.78 is 9.97. The van der Waals surface area contributed by atoms with Crippen molar-refractivity contribution in [1.29, 1.82) is 5.26 Å². The van der Waals surface area contributed by atoms with Crippen molar-refractivity contribution in [2.45, 2.75) is 31.9 Å². The van der Waals surface area contributed by atoms with Crippen molar-refractivity contribution >= 4 is 22.3 Å². The van der Waals surface area contributed by atoms with E-state index in [0.29, 0.717) is 17.7 Å². The average molecular weight is 524 g/mol. The van der Waals surface area contributed by atoms with Gasteiger partial charge in [-0.25, -0.2) is 0 Å². The molecule has 9 nitrogen and oxygen atoms in total. The van der Waals surface area contributed by atoms with Crippen molar-refractivity contribution < 1.29 is 4.74 Å². The fourth-order valence-electron chi connectivity index (χ4n) is 5.91. The molecule has 0 amide bonds. The molecule has 2 aromatic heterocycles. The Labute approximate surface area is 227 Å². The molecule has 200 valence electrons. The minimum atomic E-state index is -0.0249. The Hall–Kier alpha value is -4.29. The van der Waals surface area contributed by atoms with E-state index in [4.69, 9.17) is 4.74 Å². The molecule has 2 N–H and O–H groups in total. The van der Waals surface area contributed by atoms with Gasteiger partial charge in [0, 0.05) is 62.0 Å². The maximum atomic E-state index is 12.9. The number of benzene rings is 2. The van der Waals surface area contributed by atoms with Crippen LogP contribution < -0.4 is 25.8 Å². The number of fused-ring (bicyclic) bond motifs is 2. The van der Waals surface area contributed by atoms with E-state index in [1.54, 1.807) is 15.4 Å². The first-order valence-electron chi connectivity index (χ1n) is 13.4. The topological polar surface area (TPSA) is 100 Å². The van der Waals surface area contributed by atoms with E-state index < -0.39 is 0 Å². The van der Waals surface area contributed by atoms with E-state index in [2.05, 4.69) is 45.9 Å². The highest BCUT2D eigenvalue weighted by Gasteiger charge is 2.29. The molecule has 0 saturated carbocycles. The molecule has 0 bridgehead atoms. The smallest absolute Gasteiger partial charge is 0.253 e. The van der Waals surface area contributed by atoms with Gasteiger partial charge in [-0.05, 0) is 62.7 Å². The minimum Gasteiger partial charge on any atom is -0.490 e. The van der Waals surface area contributed by atoms with E-state index in [1.165, 1.54) is 0 Å². The van der Waals surface area contributed by atoms with Crippen LogP contribution in [0, 0.1) is 18.3 Å². The maximum Gasteiger partial charge on any atom is 0.253 e. The highest BCUT2D eigenvalue weighted by Crippen LogP contribution is 2.43. The standard InChI is InChI=1S/C30H33N7O2/c1-18-9-24-25(11-22(12-27(24)37(4)30(18)38)39-21-5-7-32-8-6-21)29-16-33-26-10-19(14-31)23(13-28(26)36(29)3)20-15-34-35(2)17-20/h9-13,15,17,21,29,32-33H,5-8,16H2,1-4H3. The summed E-state index contributed by atoms with van der Waals surface area (Å²) in [5.74, 6) is 0.790. The second kappa shape index (κ2) is 9.79. The summed E-state index contributed by atoms with van der Waals surface area (Å²) in [6.07, 6.45) is 5.77. The third-order valence-electron chi connectivity index (χ3n) is 8.08. The van der Waals surface area contributed by atoms with Crippen LogP contribution in [0.15, 0.2) is 47.5 Å². The first kappa shape index (κ1) is 25.0. The van der Waals surface area contributed by atoms with Crippen LogP contribution in [-0.2, 0) is 14.1 Å². The SMILES string of the molecule is Cc1cc2c(C3CNc4cc(C#N)c(-c5cnn(C)c5)cc4N3C)cc(OC3CCNCC3)cc2n(C)c1=O. The van der Waals surface area contributed by atoms with Crippen molar-refractivity contribution in [3.63, 3.8) is 0 Å². The molecule has 0 spiro atoms. The monoisotopic (exact) mass is 523 g/mol. The Morgan fingerprint density at radius 2 is 1.90 bits per heavy atom. The van der Waals surface area contributed by atoms with Gasteiger partial charge in [-0.15, -0.1) is 0 Å². The van der Waals surface area contributed by atoms with Crippen LogP contribution in [0.5, 0.6) is 5.75 Å². The molecule has 2 aliphatic heterocycles. The predicted octanol–water partition coefficient (Wildman–Crippen LogP) is 3.85.